The molecule has 0 atom stereocenters. The molecule has 0 bridgehead atoms. The standard InChI is InChI=1S/C15H15ClO2S/c1-18-15-12(9-17)7-13(16)8-14(15)19-10-11-5-3-2-4-6-11/h2-8,17H,9-10H2,1H3. The molecule has 0 radical (unpaired) electrons. The molecule has 0 unspecified atom stereocenters. The molecule has 0 fully saturated rings. The normalized spacial score (nSPS) is 10.5. The topological polar surface area (TPSA) is 29.5 Å². The van der Waals surface area contributed by atoms with Gasteiger partial charge in [0.15, 0.2) is 0 Å². The Morgan fingerprint density at radius 3 is 2.58 bits per heavy atom. The maximum atomic E-state index is 9.34. The number of halogens is 1. The van der Waals surface area contributed by atoms with Crippen molar-refractivity contribution in [3.05, 3.63) is 58.6 Å². The van der Waals surface area contributed by atoms with Crippen LogP contribution in [0.15, 0.2) is 47.4 Å². The summed E-state index contributed by atoms with van der Waals surface area (Å²) < 4.78 is 5.37. The first-order valence-electron chi connectivity index (χ1n) is 5.88. The van der Waals surface area contributed by atoms with Crippen molar-refractivity contribution in [1.82, 2.24) is 0 Å². The summed E-state index contributed by atoms with van der Waals surface area (Å²) in [5.74, 6) is 1.54. The van der Waals surface area contributed by atoms with Crippen molar-refractivity contribution in [1.29, 1.82) is 0 Å². The molecule has 0 spiro atoms. The minimum atomic E-state index is -0.0807. The van der Waals surface area contributed by atoms with Crippen LogP contribution in [0.1, 0.15) is 11.1 Å². The highest BCUT2D eigenvalue weighted by atomic mass is 35.5. The Morgan fingerprint density at radius 1 is 1.21 bits per heavy atom. The molecule has 100 valence electrons. The molecule has 1 N–H and O–H groups in total. The second-order valence-electron chi connectivity index (χ2n) is 4.03. The average Bonchev–Trinajstić information content (AvgIpc) is 2.45. The van der Waals surface area contributed by atoms with Crippen molar-refractivity contribution in [2.24, 2.45) is 0 Å². The van der Waals surface area contributed by atoms with Gasteiger partial charge < -0.3 is 9.84 Å². The third-order valence-corrected chi connectivity index (χ3v) is 4.02. The van der Waals surface area contributed by atoms with Crippen molar-refractivity contribution < 1.29 is 9.84 Å². The molecule has 0 aliphatic carbocycles. The van der Waals surface area contributed by atoms with Crippen LogP contribution in [-0.4, -0.2) is 12.2 Å². The van der Waals surface area contributed by atoms with Crippen molar-refractivity contribution >= 4 is 23.4 Å². The monoisotopic (exact) mass is 294 g/mol. The lowest BCUT2D eigenvalue weighted by Gasteiger charge is -2.12. The average molecular weight is 295 g/mol. The second kappa shape index (κ2) is 6.85. The quantitative estimate of drug-likeness (QED) is 0.841. The largest absolute Gasteiger partial charge is 0.495 e. The fraction of sp³-hybridized carbons (Fsp3) is 0.200. The van der Waals surface area contributed by atoms with Gasteiger partial charge in [0.1, 0.15) is 5.75 Å². The van der Waals surface area contributed by atoms with Gasteiger partial charge in [-0.1, -0.05) is 41.9 Å². The van der Waals surface area contributed by atoms with Crippen LogP contribution in [0.25, 0.3) is 0 Å². The fourth-order valence-corrected chi connectivity index (χ4v) is 3.19. The van der Waals surface area contributed by atoms with E-state index in [1.807, 2.05) is 24.3 Å². The fourth-order valence-electron chi connectivity index (χ4n) is 1.81. The zero-order valence-electron chi connectivity index (χ0n) is 10.6. The molecule has 4 heteroatoms. The molecule has 0 aliphatic rings. The Labute approximate surface area is 122 Å². The Hall–Kier alpha value is -1.16. The predicted molar refractivity (Wildman–Crippen MR) is 79.9 cm³/mol. The zero-order valence-corrected chi connectivity index (χ0v) is 12.2. The summed E-state index contributed by atoms with van der Waals surface area (Å²) in [6.07, 6.45) is 0. The van der Waals surface area contributed by atoms with Gasteiger partial charge in [-0.05, 0) is 17.7 Å². The van der Waals surface area contributed by atoms with Crippen molar-refractivity contribution in [2.75, 3.05) is 7.11 Å². The summed E-state index contributed by atoms with van der Waals surface area (Å²) in [5, 5.41) is 9.95. The number of aliphatic hydroxyl groups is 1. The minimum absolute atomic E-state index is 0.0807. The van der Waals surface area contributed by atoms with Gasteiger partial charge in [-0.2, -0.15) is 0 Å². The van der Waals surface area contributed by atoms with Gasteiger partial charge in [0.05, 0.1) is 18.6 Å². The van der Waals surface area contributed by atoms with Crippen LogP contribution in [-0.2, 0) is 12.4 Å². The summed E-state index contributed by atoms with van der Waals surface area (Å²) in [7, 11) is 1.61. The summed E-state index contributed by atoms with van der Waals surface area (Å²) in [5.41, 5.74) is 1.95. The van der Waals surface area contributed by atoms with Crippen LogP contribution < -0.4 is 4.74 Å². The van der Waals surface area contributed by atoms with Crippen molar-refractivity contribution in [2.45, 2.75) is 17.3 Å². The Kier molecular flexibility index (Phi) is 5.14. The van der Waals surface area contributed by atoms with E-state index in [2.05, 4.69) is 12.1 Å². The number of ether oxygens (including phenoxy) is 1. The van der Waals surface area contributed by atoms with E-state index in [0.29, 0.717) is 16.3 Å². The highest BCUT2D eigenvalue weighted by Gasteiger charge is 2.11. The van der Waals surface area contributed by atoms with Crippen LogP contribution >= 0.6 is 23.4 Å². The first kappa shape index (κ1) is 14.3. The van der Waals surface area contributed by atoms with Crippen LogP contribution in [0, 0.1) is 0 Å². The minimum Gasteiger partial charge on any atom is -0.495 e. The smallest absolute Gasteiger partial charge is 0.138 e. The highest BCUT2D eigenvalue weighted by molar-refractivity contribution is 7.98. The van der Waals surface area contributed by atoms with Gasteiger partial charge >= 0.3 is 0 Å². The number of rotatable bonds is 5. The number of methoxy groups -OCH3 is 1. The molecule has 0 amide bonds. The van der Waals surface area contributed by atoms with Gasteiger partial charge in [0.2, 0.25) is 0 Å². The van der Waals surface area contributed by atoms with E-state index >= 15 is 0 Å². The van der Waals surface area contributed by atoms with Crippen LogP contribution in [0.3, 0.4) is 0 Å². The van der Waals surface area contributed by atoms with E-state index in [4.69, 9.17) is 16.3 Å². The summed E-state index contributed by atoms with van der Waals surface area (Å²) in [6, 6.07) is 13.8. The van der Waals surface area contributed by atoms with E-state index in [0.717, 1.165) is 10.6 Å². The van der Waals surface area contributed by atoms with Crippen molar-refractivity contribution in [3.8, 4) is 5.75 Å². The molecule has 2 aromatic carbocycles. The van der Waals surface area contributed by atoms with E-state index in [9.17, 15) is 5.11 Å². The number of thioether (sulfide) groups is 1. The second-order valence-corrected chi connectivity index (χ2v) is 5.48. The number of hydrogen-bond donors (Lipinski definition) is 1. The first-order chi connectivity index (χ1) is 9.24. The van der Waals surface area contributed by atoms with E-state index in [1.165, 1.54) is 5.56 Å². The third-order valence-electron chi connectivity index (χ3n) is 2.71. The van der Waals surface area contributed by atoms with Gasteiger partial charge in [-0.25, -0.2) is 0 Å². The Bertz CT molecular complexity index is 543. The zero-order chi connectivity index (χ0) is 13.7. The lowest BCUT2D eigenvalue weighted by Crippen LogP contribution is -1.94. The molecule has 0 heterocycles. The molecule has 2 nitrogen and oxygen atoms in total. The van der Waals surface area contributed by atoms with Crippen LogP contribution in [0.2, 0.25) is 5.02 Å². The third kappa shape index (κ3) is 3.66. The highest BCUT2D eigenvalue weighted by Crippen LogP contribution is 2.37. The Balaban J connectivity index is 2.22. The lowest BCUT2D eigenvalue weighted by molar-refractivity contribution is 0.272. The maximum absolute atomic E-state index is 9.34. The van der Waals surface area contributed by atoms with Gasteiger partial charge in [-0.3, -0.25) is 0 Å². The van der Waals surface area contributed by atoms with Crippen molar-refractivity contribution in [3.63, 3.8) is 0 Å². The lowest BCUT2D eigenvalue weighted by atomic mass is 10.2. The van der Waals surface area contributed by atoms with E-state index in [-0.39, 0.29) is 6.61 Å². The number of hydrogen-bond acceptors (Lipinski definition) is 3. The molecular formula is C15H15ClO2S. The van der Waals surface area contributed by atoms with Gasteiger partial charge in [0, 0.05) is 16.3 Å². The molecular weight excluding hydrogens is 280 g/mol. The summed E-state index contributed by atoms with van der Waals surface area (Å²) >= 11 is 7.71. The van der Waals surface area contributed by atoms with E-state index in [1.54, 1.807) is 24.9 Å². The molecule has 0 aliphatic heterocycles. The van der Waals surface area contributed by atoms with Gasteiger partial charge in [-0.15, -0.1) is 11.8 Å². The SMILES string of the molecule is COc1c(CO)cc(Cl)cc1SCc1ccccc1. The summed E-state index contributed by atoms with van der Waals surface area (Å²) in [4.78, 5) is 0.947. The van der Waals surface area contributed by atoms with E-state index < -0.39 is 0 Å². The first-order valence-corrected chi connectivity index (χ1v) is 7.25. The number of aliphatic hydroxyl groups excluding tert-OH is 1. The van der Waals surface area contributed by atoms with Gasteiger partial charge in [0.25, 0.3) is 0 Å². The molecule has 2 aromatic rings. The maximum Gasteiger partial charge on any atom is 0.138 e. The van der Waals surface area contributed by atoms with Crippen LogP contribution in [0.4, 0.5) is 0 Å². The summed E-state index contributed by atoms with van der Waals surface area (Å²) in [6.45, 7) is -0.0807. The molecule has 19 heavy (non-hydrogen) atoms. The molecule has 2 rings (SSSR count). The molecule has 0 aromatic heterocycles. The predicted octanol–water partition coefficient (Wildman–Crippen LogP) is 4.13. The molecule has 0 saturated heterocycles. The number of benzene rings is 2. The van der Waals surface area contributed by atoms with Crippen LogP contribution in [0.5, 0.6) is 5.75 Å². The molecule has 0 saturated carbocycles. The Morgan fingerprint density at radius 2 is 1.95 bits per heavy atom.